The summed E-state index contributed by atoms with van der Waals surface area (Å²) in [6.45, 7) is 4.94. The van der Waals surface area contributed by atoms with Crippen LogP contribution in [0.4, 0.5) is 5.82 Å². The molecule has 0 bridgehead atoms. The van der Waals surface area contributed by atoms with Crippen molar-refractivity contribution in [3.8, 4) is 0 Å². The summed E-state index contributed by atoms with van der Waals surface area (Å²) in [5, 5.41) is 0. The summed E-state index contributed by atoms with van der Waals surface area (Å²) in [7, 11) is 0. The first-order valence-corrected chi connectivity index (χ1v) is 5.55. The topological polar surface area (TPSA) is 55.0 Å². The van der Waals surface area contributed by atoms with Gasteiger partial charge in [0.15, 0.2) is 0 Å². The van der Waals surface area contributed by atoms with E-state index in [-0.39, 0.29) is 0 Å². The van der Waals surface area contributed by atoms with Crippen molar-refractivity contribution in [2.24, 2.45) is 11.7 Å². The van der Waals surface area contributed by atoms with Crippen LogP contribution in [0.2, 0.25) is 0 Å². The van der Waals surface area contributed by atoms with Crippen molar-refractivity contribution in [2.75, 3.05) is 18.0 Å². The van der Waals surface area contributed by atoms with Gasteiger partial charge in [-0.1, -0.05) is 6.92 Å². The highest BCUT2D eigenvalue weighted by Gasteiger charge is 2.17. The number of nitrogens with zero attached hydrogens (tertiary/aromatic N) is 3. The lowest BCUT2D eigenvalue weighted by Gasteiger charge is -2.31. The molecule has 2 N–H and O–H groups in total. The first-order chi connectivity index (χ1) is 7.29. The highest BCUT2D eigenvalue weighted by molar-refractivity contribution is 5.36. The van der Waals surface area contributed by atoms with Crippen molar-refractivity contribution in [3.63, 3.8) is 0 Å². The molecular weight excluding hydrogens is 188 g/mol. The minimum atomic E-state index is 0.463. The first-order valence-electron chi connectivity index (χ1n) is 5.55. The van der Waals surface area contributed by atoms with E-state index in [1.54, 1.807) is 6.20 Å². The Hall–Kier alpha value is -1.16. The van der Waals surface area contributed by atoms with Gasteiger partial charge < -0.3 is 10.6 Å². The normalized spacial score (nSPS) is 18.1. The van der Waals surface area contributed by atoms with E-state index in [9.17, 15) is 0 Å². The molecule has 0 atom stereocenters. The van der Waals surface area contributed by atoms with E-state index in [1.165, 1.54) is 12.8 Å². The molecule has 1 aromatic rings. The van der Waals surface area contributed by atoms with E-state index in [0.717, 1.165) is 30.5 Å². The van der Waals surface area contributed by atoms with Gasteiger partial charge in [0, 0.05) is 25.8 Å². The molecule has 1 aliphatic rings. The van der Waals surface area contributed by atoms with Crippen LogP contribution < -0.4 is 10.6 Å². The van der Waals surface area contributed by atoms with Crippen LogP contribution in [-0.4, -0.2) is 23.1 Å². The second-order valence-corrected chi connectivity index (χ2v) is 4.24. The summed E-state index contributed by atoms with van der Waals surface area (Å²) < 4.78 is 0. The van der Waals surface area contributed by atoms with Gasteiger partial charge in [-0.15, -0.1) is 0 Å². The molecule has 0 radical (unpaired) electrons. The van der Waals surface area contributed by atoms with Crippen molar-refractivity contribution >= 4 is 5.82 Å². The number of anilines is 1. The third-order valence-electron chi connectivity index (χ3n) is 2.99. The van der Waals surface area contributed by atoms with Crippen LogP contribution in [0.15, 0.2) is 12.4 Å². The Kier molecular flexibility index (Phi) is 3.16. The predicted octanol–water partition coefficient (Wildman–Crippen LogP) is 1.17. The minimum Gasteiger partial charge on any atom is -0.355 e. The van der Waals surface area contributed by atoms with Gasteiger partial charge in [0.1, 0.15) is 5.82 Å². The SMILES string of the molecule is CC1CCN(c2cncc(CN)n2)CC1. The number of hydrogen-bond acceptors (Lipinski definition) is 4. The smallest absolute Gasteiger partial charge is 0.147 e. The number of piperidine rings is 1. The van der Waals surface area contributed by atoms with Crippen molar-refractivity contribution in [1.82, 2.24) is 9.97 Å². The molecule has 0 spiro atoms. The lowest BCUT2D eigenvalue weighted by molar-refractivity contribution is 0.436. The van der Waals surface area contributed by atoms with Gasteiger partial charge in [-0.3, -0.25) is 4.98 Å². The van der Waals surface area contributed by atoms with Crippen LogP contribution >= 0.6 is 0 Å². The second-order valence-electron chi connectivity index (χ2n) is 4.24. The van der Waals surface area contributed by atoms with Gasteiger partial charge in [-0.05, 0) is 18.8 Å². The lowest BCUT2D eigenvalue weighted by atomic mass is 9.99. The van der Waals surface area contributed by atoms with Crippen molar-refractivity contribution in [3.05, 3.63) is 18.1 Å². The molecule has 1 aliphatic heterocycles. The van der Waals surface area contributed by atoms with Crippen LogP contribution in [0.25, 0.3) is 0 Å². The van der Waals surface area contributed by atoms with Crippen LogP contribution in [0.3, 0.4) is 0 Å². The maximum absolute atomic E-state index is 5.55. The first kappa shape index (κ1) is 10.4. The molecule has 2 heterocycles. The summed E-state index contributed by atoms with van der Waals surface area (Å²) in [5.41, 5.74) is 6.42. The highest BCUT2D eigenvalue weighted by atomic mass is 15.2. The molecule has 2 rings (SSSR count). The Labute approximate surface area is 90.5 Å². The summed E-state index contributed by atoms with van der Waals surface area (Å²) in [4.78, 5) is 10.9. The molecule has 0 saturated carbocycles. The standard InChI is InChI=1S/C11H18N4/c1-9-2-4-15(5-3-9)11-8-13-7-10(6-12)14-11/h7-9H,2-6,12H2,1H3. The largest absolute Gasteiger partial charge is 0.355 e. The van der Waals surface area contributed by atoms with E-state index < -0.39 is 0 Å². The van der Waals surface area contributed by atoms with E-state index in [0.29, 0.717) is 6.54 Å². The molecule has 0 amide bonds. The van der Waals surface area contributed by atoms with Crippen LogP contribution in [-0.2, 0) is 6.54 Å². The molecule has 0 unspecified atom stereocenters. The highest BCUT2D eigenvalue weighted by Crippen LogP contribution is 2.20. The Morgan fingerprint density at radius 2 is 2.13 bits per heavy atom. The Morgan fingerprint density at radius 1 is 1.40 bits per heavy atom. The molecule has 0 aromatic carbocycles. The fourth-order valence-corrected chi connectivity index (χ4v) is 1.88. The van der Waals surface area contributed by atoms with Gasteiger partial charge in [-0.25, -0.2) is 4.98 Å². The Balaban J connectivity index is 2.08. The average molecular weight is 206 g/mol. The predicted molar refractivity (Wildman–Crippen MR) is 60.5 cm³/mol. The molecule has 4 nitrogen and oxygen atoms in total. The molecule has 0 aliphatic carbocycles. The molecule has 1 saturated heterocycles. The van der Waals surface area contributed by atoms with E-state index >= 15 is 0 Å². The minimum absolute atomic E-state index is 0.463. The summed E-state index contributed by atoms with van der Waals surface area (Å²) >= 11 is 0. The summed E-state index contributed by atoms with van der Waals surface area (Å²) in [6.07, 6.45) is 6.05. The van der Waals surface area contributed by atoms with E-state index in [2.05, 4.69) is 21.8 Å². The molecule has 82 valence electrons. The third kappa shape index (κ3) is 2.45. The molecule has 1 aromatic heterocycles. The maximum atomic E-state index is 5.55. The molecular formula is C11H18N4. The zero-order valence-corrected chi connectivity index (χ0v) is 9.19. The average Bonchev–Trinajstić information content (AvgIpc) is 2.30. The van der Waals surface area contributed by atoms with E-state index in [1.807, 2.05) is 6.20 Å². The molecule has 15 heavy (non-hydrogen) atoms. The van der Waals surface area contributed by atoms with Gasteiger partial charge >= 0.3 is 0 Å². The number of aromatic nitrogens is 2. The van der Waals surface area contributed by atoms with Gasteiger partial charge in [0.25, 0.3) is 0 Å². The van der Waals surface area contributed by atoms with Crippen LogP contribution in [0, 0.1) is 5.92 Å². The van der Waals surface area contributed by atoms with Gasteiger partial charge in [0.05, 0.1) is 11.9 Å². The molecule has 1 fully saturated rings. The number of nitrogens with two attached hydrogens (primary N) is 1. The quantitative estimate of drug-likeness (QED) is 0.789. The second kappa shape index (κ2) is 4.57. The fraction of sp³-hybridized carbons (Fsp3) is 0.636. The number of rotatable bonds is 2. The van der Waals surface area contributed by atoms with Gasteiger partial charge in [-0.2, -0.15) is 0 Å². The van der Waals surface area contributed by atoms with Gasteiger partial charge in [0.2, 0.25) is 0 Å². The maximum Gasteiger partial charge on any atom is 0.147 e. The fourth-order valence-electron chi connectivity index (χ4n) is 1.88. The third-order valence-corrected chi connectivity index (χ3v) is 2.99. The van der Waals surface area contributed by atoms with Crippen molar-refractivity contribution in [1.29, 1.82) is 0 Å². The summed E-state index contributed by atoms with van der Waals surface area (Å²) in [6, 6.07) is 0. The Morgan fingerprint density at radius 3 is 2.80 bits per heavy atom. The monoisotopic (exact) mass is 206 g/mol. The zero-order chi connectivity index (χ0) is 10.7. The van der Waals surface area contributed by atoms with Crippen LogP contribution in [0.5, 0.6) is 0 Å². The molecule has 4 heteroatoms. The van der Waals surface area contributed by atoms with Crippen LogP contribution in [0.1, 0.15) is 25.5 Å². The summed E-state index contributed by atoms with van der Waals surface area (Å²) in [5.74, 6) is 1.82. The van der Waals surface area contributed by atoms with Crippen molar-refractivity contribution < 1.29 is 0 Å². The van der Waals surface area contributed by atoms with E-state index in [4.69, 9.17) is 5.73 Å². The number of hydrogen-bond donors (Lipinski definition) is 1. The lowest BCUT2D eigenvalue weighted by Crippen LogP contribution is -2.33. The Bertz CT molecular complexity index is 318. The van der Waals surface area contributed by atoms with Crippen molar-refractivity contribution in [2.45, 2.75) is 26.3 Å². The zero-order valence-electron chi connectivity index (χ0n) is 9.19.